The first-order chi connectivity index (χ1) is 8.05. The molecular formula is C11H9ClFNO3. The molecule has 0 heterocycles. The van der Waals surface area contributed by atoms with E-state index in [2.05, 4.69) is 4.99 Å². The van der Waals surface area contributed by atoms with Crippen molar-refractivity contribution in [1.82, 2.24) is 0 Å². The Bertz CT molecular complexity index is 522. The van der Waals surface area contributed by atoms with Crippen LogP contribution in [0.25, 0.3) is 0 Å². The van der Waals surface area contributed by atoms with Crippen molar-refractivity contribution in [3.8, 4) is 11.5 Å². The van der Waals surface area contributed by atoms with Crippen LogP contribution in [0, 0.1) is 5.82 Å². The van der Waals surface area contributed by atoms with Crippen LogP contribution in [0.5, 0.6) is 11.5 Å². The molecule has 0 bridgehead atoms. The van der Waals surface area contributed by atoms with Gasteiger partial charge in [0.25, 0.3) is 0 Å². The number of hydrogen-bond acceptors (Lipinski definition) is 4. The molecule has 1 saturated carbocycles. The van der Waals surface area contributed by atoms with Crippen molar-refractivity contribution in [2.75, 3.05) is 7.11 Å². The summed E-state index contributed by atoms with van der Waals surface area (Å²) < 4.78 is 18.5. The van der Waals surface area contributed by atoms with Crippen molar-refractivity contribution < 1.29 is 19.0 Å². The number of rotatable bonds is 3. The Morgan fingerprint density at radius 2 is 2.29 bits per heavy atom. The van der Waals surface area contributed by atoms with Gasteiger partial charge in [-0.05, 0) is 12.8 Å². The molecule has 0 unspecified atom stereocenters. The maximum absolute atomic E-state index is 13.5. The van der Waals surface area contributed by atoms with E-state index in [4.69, 9.17) is 16.3 Å². The molecule has 1 aliphatic rings. The molecule has 4 nitrogen and oxygen atoms in total. The van der Waals surface area contributed by atoms with E-state index in [9.17, 15) is 14.3 Å². The Hall–Kier alpha value is -1.58. The average molecular weight is 258 g/mol. The molecule has 1 N–H and O–H groups in total. The summed E-state index contributed by atoms with van der Waals surface area (Å²) in [5.41, 5.74) is -0.688. The minimum Gasteiger partial charge on any atom is -0.504 e. The third-order valence-corrected chi connectivity index (χ3v) is 3.17. The molecule has 6 heteroatoms. The number of carbonyl (C=O) groups excluding carboxylic acids is 1. The van der Waals surface area contributed by atoms with Crippen molar-refractivity contribution in [1.29, 1.82) is 0 Å². The molecule has 1 aromatic rings. The number of nitrogens with zero attached hydrogens (tertiary/aromatic N) is 1. The second-order valence-corrected chi connectivity index (χ2v) is 4.21. The molecule has 0 amide bonds. The molecule has 0 spiro atoms. The van der Waals surface area contributed by atoms with Gasteiger partial charge >= 0.3 is 0 Å². The van der Waals surface area contributed by atoms with Gasteiger partial charge in [0.2, 0.25) is 6.08 Å². The van der Waals surface area contributed by atoms with Crippen molar-refractivity contribution in [2.24, 2.45) is 4.99 Å². The van der Waals surface area contributed by atoms with E-state index >= 15 is 0 Å². The Labute approximate surface area is 102 Å². The van der Waals surface area contributed by atoms with Gasteiger partial charge in [-0.1, -0.05) is 11.6 Å². The number of phenolic OH excluding ortho intramolecular Hbond substituents is 1. The number of benzene rings is 1. The van der Waals surface area contributed by atoms with Crippen molar-refractivity contribution in [2.45, 2.75) is 18.4 Å². The van der Waals surface area contributed by atoms with Gasteiger partial charge in [0.1, 0.15) is 11.4 Å². The Morgan fingerprint density at radius 3 is 2.76 bits per heavy atom. The summed E-state index contributed by atoms with van der Waals surface area (Å²) in [6.07, 6.45) is 2.53. The lowest BCUT2D eigenvalue weighted by molar-refractivity contribution is 0.362. The summed E-state index contributed by atoms with van der Waals surface area (Å²) >= 11 is 5.85. The third-order valence-electron chi connectivity index (χ3n) is 2.81. The number of methoxy groups -OCH3 is 1. The number of aliphatic imine (C=N–C) groups is 1. The van der Waals surface area contributed by atoms with E-state index in [1.807, 2.05) is 0 Å². The highest BCUT2D eigenvalue weighted by Gasteiger charge is 2.49. The fourth-order valence-corrected chi connectivity index (χ4v) is 2.16. The van der Waals surface area contributed by atoms with E-state index in [1.54, 1.807) is 0 Å². The van der Waals surface area contributed by atoms with Crippen LogP contribution in [0.15, 0.2) is 11.1 Å². The van der Waals surface area contributed by atoms with Crippen LogP contribution in [0.1, 0.15) is 18.4 Å². The van der Waals surface area contributed by atoms with E-state index < -0.39 is 11.4 Å². The lowest BCUT2D eigenvalue weighted by atomic mass is 10.0. The van der Waals surface area contributed by atoms with E-state index in [0.717, 1.165) is 6.07 Å². The van der Waals surface area contributed by atoms with Crippen LogP contribution in [-0.4, -0.2) is 18.3 Å². The highest BCUT2D eigenvalue weighted by atomic mass is 35.5. The minimum absolute atomic E-state index is 0.0490. The summed E-state index contributed by atoms with van der Waals surface area (Å²) in [6, 6.07) is 0.866. The summed E-state index contributed by atoms with van der Waals surface area (Å²) in [7, 11) is 1.33. The van der Waals surface area contributed by atoms with Gasteiger partial charge in [-0.2, -0.15) is 4.99 Å². The van der Waals surface area contributed by atoms with Crippen LogP contribution in [-0.2, 0) is 10.3 Å². The highest BCUT2D eigenvalue weighted by Crippen LogP contribution is 2.56. The monoisotopic (exact) mass is 257 g/mol. The molecule has 1 aromatic carbocycles. The second-order valence-electron chi connectivity index (χ2n) is 3.83. The first-order valence-corrected chi connectivity index (χ1v) is 5.28. The van der Waals surface area contributed by atoms with Crippen LogP contribution in [0.3, 0.4) is 0 Å². The third kappa shape index (κ3) is 1.77. The SMILES string of the molecule is COc1c(O)cc(F)c(Cl)c1C1(N=C=O)CC1. The van der Waals surface area contributed by atoms with Crippen LogP contribution >= 0.6 is 11.6 Å². The lowest BCUT2D eigenvalue weighted by Gasteiger charge is -2.16. The van der Waals surface area contributed by atoms with Gasteiger partial charge in [0, 0.05) is 11.6 Å². The molecule has 0 aliphatic heterocycles. The van der Waals surface area contributed by atoms with Crippen molar-refractivity contribution in [3.63, 3.8) is 0 Å². The molecule has 0 saturated heterocycles. The van der Waals surface area contributed by atoms with Gasteiger partial charge in [0.05, 0.1) is 12.1 Å². The molecule has 0 aromatic heterocycles. The van der Waals surface area contributed by atoms with Gasteiger partial charge in [-0.3, -0.25) is 0 Å². The largest absolute Gasteiger partial charge is 0.504 e. The Kier molecular flexibility index (Phi) is 2.81. The molecule has 0 radical (unpaired) electrons. The number of ether oxygens (including phenoxy) is 1. The lowest BCUT2D eigenvalue weighted by Crippen LogP contribution is -2.07. The van der Waals surface area contributed by atoms with E-state index in [-0.39, 0.29) is 22.1 Å². The predicted octanol–water partition coefficient (Wildman–Crippen LogP) is 2.52. The van der Waals surface area contributed by atoms with Gasteiger partial charge < -0.3 is 9.84 Å². The number of phenols is 1. The zero-order valence-electron chi connectivity index (χ0n) is 8.96. The summed E-state index contributed by atoms with van der Waals surface area (Å²) in [6.45, 7) is 0. The zero-order valence-corrected chi connectivity index (χ0v) is 9.71. The predicted molar refractivity (Wildman–Crippen MR) is 58.7 cm³/mol. The number of isocyanates is 1. The van der Waals surface area contributed by atoms with Crippen LogP contribution in [0.4, 0.5) is 4.39 Å². The smallest absolute Gasteiger partial charge is 0.235 e. The number of hydrogen-bond donors (Lipinski definition) is 1. The topological polar surface area (TPSA) is 58.9 Å². The maximum atomic E-state index is 13.5. The maximum Gasteiger partial charge on any atom is 0.235 e. The quantitative estimate of drug-likeness (QED) is 0.669. The standard InChI is InChI=1S/C11H9ClFNO3/c1-17-10-7(16)4-6(13)9(12)8(10)11(2-3-11)14-5-15/h4,16H,2-3H2,1H3. The summed E-state index contributed by atoms with van der Waals surface area (Å²) in [4.78, 5) is 14.0. The zero-order chi connectivity index (χ0) is 12.6. The summed E-state index contributed by atoms with van der Waals surface area (Å²) in [5, 5.41) is 9.41. The molecule has 1 fully saturated rings. The first kappa shape index (κ1) is 11.9. The van der Waals surface area contributed by atoms with Gasteiger partial charge in [0.15, 0.2) is 11.5 Å². The average Bonchev–Trinajstić information content (AvgIpc) is 3.04. The van der Waals surface area contributed by atoms with Crippen molar-refractivity contribution in [3.05, 3.63) is 22.5 Å². The first-order valence-electron chi connectivity index (χ1n) is 4.90. The van der Waals surface area contributed by atoms with Crippen molar-refractivity contribution >= 4 is 17.7 Å². The molecule has 2 rings (SSSR count). The van der Waals surface area contributed by atoms with Gasteiger partial charge in [-0.25, -0.2) is 9.18 Å². The Morgan fingerprint density at radius 1 is 1.65 bits per heavy atom. The normalized spacial score (nSPS) is 16.2. The highest BCUT2D eigenvalue weighted by molar-refractivity contribution is 6.32. The minimum atomic E-state index is -0.899. The summed E-state index contributed by atoms with van der Waals surface area (Å²) in [5.74, 6) is -1.09. The van der Waals surface area contributed by atoms with Gasteiger partial charge in [-0.15, -0.1) is 0 Å². The Balaban J connectivity index is 2.71. The molecule has 17 heavy (non-hydrogen) atoms. The fraction of sp³-hybridized carbons (Fsp3) is 0.364. The molecule has 1 aliphatic carbocycles. The van der Waals surface area contributed by atoms with Crippen LogP contribution in [0.2, 0.25) is 5.02 Å². The fourth-order valence-electron chi connectivity index (χ4n) is 1.84. The number of halogens is 2. The van der Waals surface area contributed by atoms with Crippen LogP contribution < -0.4 is 4.74 Å². The number of aromatic hydroxyl groups is 1. The second kappa shape index (κ2) is 4.02. The van der Waals surface area contributed by atoms with E-state index in [1.165, 1.54) is 13.2 Å². The molecule has 0 atom stereocenters. The van der Waals surface area contributed by atoms with E-state index in [0.29, 0.717) is 12.8 Å². The molecular weight excluding hydrogens is 249 g/mol. The molecule has 90 valence electrons.